The van der Waals surface area contributed by atoms with E-state index in [4.69, 9.17) is 0 Å². The zero-order valence-electron chi connectivity index (χ0n) is 11.3. The SMILES string of the molecule is CC(Cc1ccsc1)NS(=O)(=O)CC1CCNCC1. The highest BCUT2D eigenvalue weighted by Gasteiger charge is 2.22. The summed E-state index contributed by atoms with van der Waals surface area (Å²) in [6.45, 7) is 3.80. The molecule has 4 nitrogen and oxygen atoms in total. The van der Waals surface area contributed by atoms with Gasteiger partial charge in [0.25, 0.3) is 0 Å². The molecule has 108 valence electrons. The lowest BCUT2D eigenvalue weighted by Gasteiger charge is -2.23. The van der Waals surface area contributed by atoms with Crippen molar-refractivity contribution in [3.8, 4) is 0 Å². The van der Waals surface area contributed by atoms with Gasteiger partial charge in [-0.25, -0.2) is 13.1 Å². The third-order valence-corrected chi connectivity index (χ3v) is 5.82. The van der Waals surface area contributed by atoms with Gasteiger partial charge in [0, 0.05) is 6.04 Å². The Morgan fingerprint density at radius 2 is 2.21 bits per heavy atom. The Kier molecular flexibility index (Phi) is 5.38. The Labute approximate surface area is 119 Å². The van der Waals surface area contributed by atoms with Gasteiger partial charge >= 0.3 is 0 Å². The van der Waals surface area contributed by atoms with Crippen LogP contribution in [0.5, 0.6) is 0 Å². The maximum absolute atomic E-state index is 12.1. The molecule has 1 aromatic rings. The first kappa shape index (κ1) is 15.0. The molecule has 1 unspecified atom stereocenters. The maximum atomic E-state index is 12.1. The molecule has 1 atom stereocenters. The number of thiophene rings is 1. The topological polar surface area (TPSA) is 58.2 Å². The number of nitrogens with one attached hydrogen (secondary N) is 2. The molecule has 2 N–H and O–H groups in total. The fourth-order valence-electron chi connectivity index (χ4n) is 2.52. The lowest BCUT2D eigenvalue weighted by Crippen LogP contribution is -2.39. The summed E-state index contributed by atoms with van der Waals surface area (Å²) >= 11 is 1.64. The lowest BCUT2D eigenvalue weighted by molar-refractivity contribution is 0.399. The smallest absolute Gasteiger partial charge is 0.212 e. The van der Waals surface area contributed by atoms with Crippen LogP contribution >= 0.6 is 11.3 Å². The third kappa shape index (κ3) is 5.22. The van der Waals surface area contributed by atoms with E-state index < -0.39 is 10.0 Å². The van der Waals surface area contributed by atoms with Crippen molar-refractivity contribution in [2.24, 2.45) is 5.92 Å². The van der Waals surface area contributed by atoms with Crippen LogP contribution in [0.25, 0.3) is 0 Å². The molecule has 0 amide bonds. The second-order valence-electron chi connectivity index (χ2n) is 5.33. The predicted octanol–water partition coefficient (Wildman–Crippen LogP) is 1.60. The molecule has 1 aliphatic rings. The van der Waals surface area contributed by atoms with E-state index >= 15 is 0 Å². The summed E-state index contributed by atoms with van der Waals surface area (Å²) in [5.74, 6) is 0.565. The van der Waals surface area contributed by atoms with Crippen LogP contribution in [0.2, 0.25) is 0 Å². The van der Waals surface area contributed by atoms with Crippen molar-refractivity contribution in [2.45, 2.75) is 32.2 Å². The summed E-state index contributed by atoms with van der Waals surface area (Å²) < 4.78 is 27.0. The zero-order valence-corrected chi connectivity index (χ0v) is 12.9. The van der Waals surface area contributed by atoms with E-state index in [9.17, 15) is 8.42 Å². The molecule has 6 heteroatoms. The first-order chi connectivity index (χ1) is 9.05. The average Bonchev–Trinajstić information content (AvgIpc) is 2.81. The average molecular weight is 302 g/mol. The van der Waals surface area contributed by atoms with Gasteiger partial charge < -0.3 is 5.32 Å². The van der Waals surface area contributed by atoms with Crippen LogP contribution < -0.4 is 10.0 Å². The van der Waals surface area contributed by atoms with Crippen molar-refractivity contribution in [1.82, 2.24) is 10.0 Å². The van der Waals surface area contributed by atoms with Crippen molar-refractivity contribution >= 4 is 21.4 Å². The number of hydrogen-bond acceptors (Lipinski definition) is 4. The summed E-state index contributed by atoms with van der Waals surface area (Å²) in [6.07, 6.45) is 2.68. The molecule has 1 aromatic heterocycles. The second-order valence-corrected chi connectivity index (χ2v) is 7.91. The summed E-state index contributed by atoms with van der Waals surface area (Å²) in [6, 6.07) is 2.00. The van der Waals surface area contributed by atoms with Crippen LogP contribution in [-0.2, 0) is 16.4 Å². The van der Waals surface area contributed by atoms with Gasteiger partial charge in [0.15, 0.2) is 0 Å². The van der Waals surface area contributed by atoms with Crippen LogP contribution in [0.15, 0.2) is 16.8 Å². The molecule has 1 aliphatic heterocycles. The molecule has 1 fully saturated rings. The number of rotatable bonds is 6. The van der Waals surface area contributed by atoms with E-state index in [0.717, 1.165) is 32.4 Å². The van der Waals surface area contributed by atoms with Crippen molar-refractivity contribution in [2.75, 3.05) is 18.8 Å². The monoisotopic (exact) mass is 302 g/mol. The first-order valence-corrected chi connectivity index (χ1v) is 9.36. The Morgan fingerprint density at radius 3 is 2.84 bits per heavy atom. The van der Waals surface area contributed by atoms with Crippen LogP contribution in [0.1, 0.15) is 25.3 Å². The van der Waals surface area contributed by atoms with Gasteiger partial charge in [0.2, 0.25) is 10.0 Å². The Bertz CT molecular complexity index is 465. The van der Waals surface area contributed by atoms with Crippen LogP contribution in [0.4, 0.5) is 0 Å². The van der Waals surface area contributed by atoms with Crippen molar-refractivity contribution < 1.29 is 8.42 Å². The fraction of sp³-hybridized carbons (Fsp3) is 0.692. The van der Waals surface area contributed by atoms with Crippen LogP contribution in [0.3, 0.4) is 0 Å². The molecule has 0 aliphatic carbocycles. The Morgan fingerprint density at radius 1 is 1.47 bits per heavy atom. The molecule has 2 heterocycles. The second kappa shape index (κ2) is 6.83. The largest absolute Gasteiger partial charge is 0.317 e. The molecule has 0 spiro atoms. The van der Waals surface area contributed by atoms with E-state index in [0.29, 0.717) is 5.92 Å². The molecule has 0 bridgehead atoms. The van der Waals surface area contributed by atoms with Gasteiger partial charge in [0.05, 0.1) is 5.75 Å². The van der Waals surface area contributed by atoms with Crippen LogP contribution in [0, 0.1) is 5.92 Å². The quantitative estimate of drug-likeness (QED) is 0.839. The highest BCUT2D eigenvalue weighted by atomic mass is 32.2. The number of piperidine rings is 1. The zero-order chi connectivity index (χ0) is 13.7. The van der Waals surface area contributed by atoms with Gasteiger partial charge in [0.1, 0.15) is 0 Å². The molecule has 0 aromatic carbocycles. The summed E-state index contributed by atoms with van der Waals surface area (Å²) in [5, 5.41) is 7.34. The molecule has 0 saturated carbocycles. The van der Waals surface area contributed by atoms with Gasteiger partial charge in [-0.3, -0.25) is 0 Å². The molecular weight excluding hydrogens is 280 g/mol. The normalized spacial score (nSPS) is 19.4. The van der Waals surface area contributed by atoms with Gasteiger partial charge in [-0.2, -0.15) is 11.3 Å². The van der Waals surface area contributed by atoms with Crippen molar-refractivity contribution in [3.63, 3.8) is 0 Å². The highest BCUT2D eigenvalue weighted by Crippen LogP contribution is 2.14. The minimum Gasteiger partial charge on any atom is -0.317 e. The summed E-state index contributed by atoms with van der Waals surface area (Å²) in [4.78, 5) is 0. The van der Waals surface area contributed by atoms with Gasteiger partial charge in [-0.1, -0.05) is 0 Å². The molecule has 0 radical (unpaired) electrons. The van der Waals surface area contributed by atoms with Crippen LogP contribution in [-0.4, -0.2) is 33.3 Å². The van der Waals surface area contributed by atoms with E-state index in [-0.39, 0.29) is 11.8 Å². The van der Waals surface area contributed by atoms with E-state index in [1.165, 1.54) is 5.56 Å². The lowest BCUT2D eigenvalue weighted by atomic mass is 10.0. The fourth-order valence-corrected chi connectivity index (χ4v) is 4.95. The minimum absolute atomic E-state index is 0.0404. The van der Waals surface area contributed by atoms with Gasteiger partial charge in [-0.05, 0) is 67.6 Å². The van der Waals surface area contributed by atoms with E-state index in [2.05, 4.69) is 15.4 Å². The van der Waals surface area contributed by atoms with E-state index in [1.807, 2.05) is 18.4 Å². The first-order valence-electron chi connectivity index (χ1n) is 6.77. The Balaban J connectivity index is 1.82. The van der Waals surface area contributed by atoms with Gasteiger partial charge in [-0.15, -0.1) is 0 Å². The summed E-state index contributed by atoms with van der Waals surface area (Å²) in [7, 11) is -3.16. The van der Waals surface area contributed by atoms with Crippen molar-refractivity contribution in [3.05, 3.63) is 22.4 Å². The van der Waals surface area contributed by atoms with E-state index in [1.54, 1.807) is 11.3 Å². The Hall–Kier alpha value is -0.430. The maximum Gasteiger partial charge on any atom is 0.212 e. The molecule has 1 saturated heterocycles. The number of hydrogen-bond donors (Lipinski definition) is 2. The molecule has 2 rings (SSSR count). The van der Waals surface area contributed by atoms with Crippen molar-refractivity contribution in [1.29, 1.82) is 0 Å². The summed E-state index contributed by atoms with van der Waals surface area (Å²) in [5.41, 5.74) is 1.20. The highest BCUT2D eigenvalue weighted by molar-refractivity contribution is 7.89. The molecule has 19 heavy (non-hydrogen) atoms. The number of sulfonamides is 1. The molecular formula is C13H22N2O2S2. The third-order valence-electron chi connectivity index (χ3n) is 3.42. The predicted molar refractivity (Wildman–Crippen MR) is 80.0 cm³/mol. The minimum atomic E-state index is -3.16. The standard InChI is InChI=1S/C13H22N2O2S2/c1-11(8-13-4-7-18-9-13)15-19(16,17)10-12-2-5-14-6-3-12/h4,7,9,11-12,14-15H,2-3,5-6,8,10H2,1H3.